The van der Waals surface area contributed by atoms with Crippen LogP contribution in [0.15, 0.2) is 36.7 Å². The zero-order chi connectivity index (χ0) is 11.5. The monoisotopic (exact) mass is 216 g/mol. The molecular weight excluding hydrogens is 200 g/mol. The molecule has 1 atom stereocenters. The second-order valence-corrected chi connectivity index (χ2v) is 4.06. The highest BCUT2D eigenvalue weighted by Gasteiger charge is 2.09. The molecule has 3 nitrogen and oxygen atoms in total. The molecule has 0 amide bonds. The molecule has 0 unspecified atom stereocenters. The summed E-state index contributed by atoms with van der Waals surface area (Å²) in [6, 6.07) is 7.77. The van der Waals surface area contributed by atoms with Gasteiger partial charge in [-0.15, -0.1) is 0 Å². The molecule has 0 radical (unpaired) electrons. The van der Waals surface area contributed by atoms with Crippen molar-refractivity contribution in [3.8, 4) is 5.75 Å². The maximum absolute atomic E-state index is 9.70. The van der Waals surface area contributed by atoms with Crippen molar-refractivity contribution in [2.75, 3.05) is 0 Å². The van der Waals surface area contributed by atoms with E-state index < -0.39 is 0 Å². The topological polar surface area (TPSA) is 38.0 Å². The number of benzene rings is 1. The molecule has 3 heteroatoms. The van der Waals surface area contributed by atoms with E-state index in [0.29, 0.717) is 11.8 Å². The average Bonchev–Trinajstić information content (AvgIpc) is 2.68. The molecule has 0 spiro atoms. The number of para-hydroxylation sites is 1. The maximum Gasteiger partial charge on any atom is 0.118 e. The summed E-state index contributed by atoms with van der Waals surface area (Å²) in [5, 5.41) is 9.70. The molecule has 0 fully saturated rings. The van der Waals surface area contributed by atoms with Crippen LogP contribution in [0.4, 0.5) is 0 Å². The van der Waals surface area contributed by atoms with Crippen molar-refractivity contribution >= 4 is 0 Å². The summed E-state index contributed by atoms with van der Waals surface area (Å²) in [6.45, 7) is 4.11. The third-order valence-electron chi connectivity index (χ3n) is 2.84. The van der Waals surface area contributed by atoms with E-state index in [4.69, 9.17) is 0 Å². The summed E-state index contributed by atoms with van der Waals surface area (Å²) in [7, 11) is 0. The van der Waals surface area contributed by atoms with Crippen molar-refractivity contribution in [2.24, 2.45) is 0 Å². The predicted octanol–water partition coefficient (Wildman–Crippen LogP) is 2.70. The third-order valence-corrected chi connectivity index (χ3v) is 2.84. The van der Waals surface area contributed by atoms with Crippen molar-refractivity contribution < 1.29 is 5.11 Å². The molecule has 0 aliphatic heterocycles. The van der Waals surface area contributed by atoms with Gasteiger partial charge in [0.1, 0.15) is 11.6 Å². The summed E-state index contributed by atoms with van der Waals surface area (Å²) < 4.78 is 2.12. The number of phenolic OH excluding ortho intramolecular Hbond substituents is 1. The van der Waals surface area contributed by atoms with Crippen LogP contribution < -0.4 is 0 Å². The Hall–Kier alpha value is -1.77. The number of hydrogen-bond acceptors (Lipinski definition) is 2. The van der Waals surface area contributed by atoms with E-state index in [1.54, 1.807) is 12.3 Å². The van der Waals surface area contributed by atoms with Gasteiger partial charge in [-0.1, -0.05) is 18.2 Å². The third kappa shape index (κ3) is 2.08. The van der Waals surface area contributed by atoms with Crippen LogP contribution >= 0.6 is 0 Å². The fourth-order valence-electron chi connectivity index (χ4n) is 1.95. The van der Waals surface area contributed by atoms with Gasteiger partial charge in [-0.05, 0) is 31.9 Å². The van der Waals surface area contributed by atoms with Crippen LogP contribution in [0.3, 0.4) is 0 Å². The first-order valence-corrected chi connectivity index (χ1v) is 5.45. The standard InChI is InChI=1S/C13H16N2O/c1-10(15-8-7-14-11(15)2)9-12-5-3-4-6-13(12)16/h3-8,10,16H,9H2,1-2H3/t10-/m1/s1. The van der Waals surface area contributed by atoms with Crippen LogP contribution in [0.5, 0.6) is 5.75 Å². The van der Waals surface area contributed by atoms with E-state index in [2.05, 4.69) is 16.5 Å². The number of aromatic nitrogens is 2. The van der Waals surface area contributed by atoms with Gasteiger partial charge >= 0.3 is 0 Å². The number of imidazole rings is 1. The average molecular weight is 216 g/mol. The lowest BCUT2D eigenvalue weighted by atomic mass is 10.1. The van der Waals surface area contributed by atoms with E-state index >= 15 is 0 Å². The first-order chi connectivity index (χ1) is 7.68. The molecule has 16 heavy (non-hydrogen) atoms. The molecular formula is C13H16N2O. The van der Waals surface area contributed by atoms with E-state index in [-0.39, 0.29) is 0 Å². The van der Waals surface area contributed by atoms with Crippen molar-refractivity contribution in [1.82, 2.24) is 9.55 Å². The van der Waals surface area contributed by atoms with Crippen LogP contribution in [0.25, 0.3) is 0 Å². The molecule has 0 bridgehead atoms. The lowest BCUT2D eigenvalue weighted by Gasteiger charge is -2.15. The van der Waals surface area contributed by atoms with Gasteiger partial charge in [0, 0.05) is 18.4 Å². The molecule has 1 N–H and O–H groups in total. The Kier molecular flexibility index (Phi) is 2.95. The molecule has 2 rings (SSSR count). The summed E-state index contributed by atoms with van der Waals surface area (Å²) in [6.07, 6.45) is 4.58. The van der Waals surface area contributed by atoms with Crippen molar-refractivity contribution in [3.05, 3.63) is 48.0 Å². The van der Waals surface area contributed by atoms with E-state index in [0.717, 1.165) is 17.8 Å². The summed E-state index contributed by atoms with van der Waals surface area (Å²) in [5.74, 6) is 1.37. The van der Waals surface area contributed by atoms with Crippen molar-refractivity contribution in [3.63, 3.8) is 0 Å². The van der Waals surface area contributed by atoms with Crippen molar-refractivity contribution in [1.29, 1.82) is 0 Å². The Morgan fingerprint density at radius 1 is 1.38 bits per heavy atom. The van der Waals surface area contributed by atoms with Crippen LogP contribution in [0.2, 0.25) is 0 Å². The first-order valence-electron chi connectivity index (χ1n) is 5.45. The SMILES string of the molecule is Cc1nccn1[C@H](C)Cc1ccccc1O. The van der Waals surface area contributed by atoms with Crippen LogP contribution in [-0.2, 0) is 6.42 Å². The lowest BCUT2D eigenvalue weighted by molar-refractivity contribution is 0.455. The number of hydrogen-bond donors (Lipinski definition) is 1. The van der Waals surface area contributed by atoms with Gasteiger partial charge < -0.3 is 9.67 Å². The number of phenols is 1. The first kappa shape index (κ1) is 10.7. The second kappa shape index (κ2) is 4.39. The molecule has 0 aliphatic carbocycles. The van der Waals surface area contributed by atoms with E-state index in [1.807, 2.05) is 31.3 Å². The molecule has 0 saturated heterocycles. The van der Waals surface area contributed by atoms with E-state index in [1.165, 1.54) is 0 Å². The fraction of sp³-hybridized carbons (Fsp3) is 0.308. The smallest absolute Gasteiger partial charge is 0.118 e. The minimum absolute atomic E-state index is 0.302. The molecule has 0 aliphatic rings. The Balaban J connectivity index is 2.17. The predicted molar refractivity (Wildman–Crippen MR) is 63.5 cm³/mol. The number of aromatic hydroxyl groups is 1. The number of rotatable bonds is 3. The highest BCUT2D eigenvalue weighted by molar-refractivity contribution is 5.32. The zero-order valence-electron chi connectivity index (χ0n) is 9.59. The van der Waals surface area contributed by atoms with Gasteiger partial charge in [-0.25, -0.2) is 4.98 Å². The Morgan fingerprint density at radius 3 is 2.75 bits per heavy atom. The molecule has 1 heterocycles. The Bertz CT molecular complexity index is 476. The van der Waals surface area contributed by atoms with Gasteiger partial charge in [0.15, 0.2) is 0 Å². The van der Waals surface area contributed by atoms with Crippen molar-refractivity contribution in [2.45, 2.75) is 26.3 Å². The fourth-order valence-corrected chi connectivity index (χ4v) is 1.95. The van der Waals surface area contributed by atoms with Gasteiger partial charge in [0.2, 0.25) is 0 Å². The molecule has 1 aromatic heterocycles. The van der Waals surface area contributed by atoms with Gasteiger partial charge in [-0.3, -0.25) is 0 Å². The highest BCUT2D eigenvalue weighted by Crippen LogP contribution is 2.22. The van der Waals surface area contributed by atoms with Gasteiger partial charge in [-0.2, -0.15) is 0 Å². The van der Waals surface area contributed by atoms with Gasteiger partial charge in [0.25, 0.3) is 0 Å². The van der Waals surface area contributed by atoms with Gasteiger partial charge in [0.05, 0.1) is 0 Å². The largest absolute Gasteiger partial charge is 0.508 e. The summed E-state index contributed by atoms with van der Waals surface area (Å²) in [4.78, 5) is 4.20. The number of nitrogens with zero attached hydrogens (tertiary/aromatic N) is 2. The zero-order valence-corrected chi connectivity index (χ0v) is 9.59. The summed E-state index contributed by atoms with van der Waals surface area (Å²) in [5.41, 5.74) is 0.975. The Morgan fingerprint density at radius 2 is 2.12 bits per heavy atom. The lowest BCUT2D eigenvalue weighted by Crippen LogP contribution is -2.09. The van der Waals surface area contributed by atoms with E-state index in [9.17, 15) is 5.11 Å². The Labute approximate surface area is 95.4 Å². The quantitative estimate of drug-likeness (QED) is 0.856. The second-order valence-electron chi connectivity index (χ2n) is 4.06. The summed E-state index contributed by atoms with van der Waals surface area (Å²) >= 11 is 0. The minimum atomic E-state index is 0.302. The molecule has 84 valence electrons. The normalized spacial score (nSPS) is 12.6. The maximum atomic E-state index is 9.70. The molecule has 0 saturated carbocycles. The number of aryl methyl sites for hydroxylation is 1. The molecule has 1 aromatic carbocycles. The molecule has 2 aromatic rings. The van der Waals surface area contributed by atoms with Crippen LogP contribution in [0, 0.1) is 6.92 Å². The van der Waals surface area contributed by atoms with Crippen LogP contribution in [-0.4, -0.2) is 14.7 Å². The minimum Gasteiger partial charge on any atom is -0.508 e. The van der Waals surface area contributed by atoms with Crippen LogP contribution in [0.1, 0.15) is 24.4 Å². The highest BCUT2D eigenvalue weighted by atomic mass is 16.3.